The van der Waals surface area contributed by atoms with Crippen LogP contribution in [0.1, 0.15) is 51.2 Å². The van der Waals surface area contributed by atoms with Gasteiger partial charge in [-0.05, 0) is 49.9 Å². The van der Waals surface area contributed by atoms with Crippen LogP contribution in [0.4, 0.5) is 14.4 Å². The van der Waals surface area contributed by atoms with Gasteiger partial charge in [0, 0.05) is 24.8 Å². The number of carbonyl (C=O) groups excluding carboxylic acids is 2. The molecule has 35 heavy (non-hydrogen) atoms. The molecule has 4 rings (SSSR count). The minimum Gasteiger partial charge on any atom is -0.449 e. The molecule has 8 heteroatoms. The van der Waals surface area contributed by atoms with Crippen molar-refractivity contribution in [3.63, 3.8) is 0 Å². The first-order valence-corrected chi connectivity index (χ1v) is 12.0. The van der Waals surface area contributed by atoms with Gasteiger partial charge in [-0.15, -0.1) is 4.48 Å². The fourth-order valence-electron chi connectivity index (χ4n) is 5.29. The monoisotopic (exact) mass is 481 g/mol. The summed E-state index contributed by atoms with van der Waals surface area (Å²) in [5.74, 6) is -0.239. The lowest BCUT2D eigenvalue weighted by Crippen LogP contribution is -2.60. The van der Waals surface area contributed by atoms with Crippen LogP contribution in [0.2, 0.25) is 0 Å². The Morgan fingerprint density at radius 2 is 1.60 bits per heavy atom. The van der Waals surface area contributed by atoms with Crippen molar-refractivity contribution in [2.24, 2.45) is 5.92 Å². The zero-order valence-corrected chi connectivity index (χ0v) is 20.6. The van der Waals surface area contributed by atoms with E-state index in [1.165, 1.54) is 0 Å². The van der Waals surface area contributed by atoms with E-state index >= 15 is 0 Å². The number of fused-ring (bicyclic) bond motifs is 3. The normalized spacial score (nSPS) is 23.3. The SMILES string of the molecule is C[C@@H]1C[C@H](CNC(=O)OCC2c3ccccc3-c3ccccc32)C[N@+]1(C(=O)O)C(=O)OC(C)(C)C. The van der Waals surface area contributed by atoms with Gasteiger partial charge in [0.05, 0.1) is 0 Å². The molecule has 3 amide bonds. The zero-order valence-electron chi connectivity index (χ0n) is 20.6. The molecular weight excluding hydrogens is 448 g/mol. The molecule has 8 nitrogen and oxygen atoms in total. The number of hydrogen-bond donors (Lipinski definition) is 2. The number of carbonyl (C=O) groups is 3. The van der Waals surface area contributed by atoms with E-state index in [4.69, 9.17) is 9.47 Å². The molecule has 186 valence electrons. The van der Waals surface area contributed by atoms with Gasteiger partial charge in [-0.1, -0.05) is 48.5 Å². The Bertz CT molecular complexity index is 1090. The molecule has 1 fully saturated rings. The topological polar surface area (TPSA) is 102 Å². The van der Waals surface area contributed by atoms with Crippen molar-refractivity contribution in [1.82, 2.24) is 5.32 Å². The molecule has 0 radical (unpaired) electrons. The highest BCUT2D eigenvalue weighted by Gasteiger charge is 2.58. The van der Waals surface area contributed by atoms with Crippen LogP contribution in [-0.4, -0.2) is 59.2 Å². The molecule has 1 aliphatic heterocycles. The molecule has 1 aliphatic carbocycles. The number of ether oxygens (including phenoxy) is 2. The van der Waals surface area contributed by atoms with E-state index in [0.29, 0.717) is 6.42 Å². The highest BCUT2D eigenvalue weighted by Crippen LogP contribution is 2.44. The molecular formula is C27H33N2O6+. The minimum atomic E-state index is -1.24. The lowest BCUT2D eigenvalue weighted by molar-refractivity contribution is -0.797. The van der Waals surface area contributed by atoms with Crippen LogP contribution in [0.3, 0.4) is 0 Å². The van der Waals surface area contributed by atoms with Gasteiger partial charge >= 0.3 is 18.3 Å². The van der Waals surface area contributed by atoms with Gasteiger partial charge in [0.25, 0.3) is 0 Å². The van der Waals surface area contributed by atoms with Crippen LogP contribution in [0.15, 0.2) is 48.5 Å². The van der Waals surface area contributed by atoms with Crippen molar-refractivity contribution >= 4 is 18.3 Å². The first kappa shape index (κ1) is 24.7. The average molecular weight is 482 g/mol. The number of alkyl carbamates (subject to hydrolysis) is 1. The first-order chi connectivity index (χ1) is 16.5. The van der Waals surface area contributed by atoms with Gasteiger partial charge in [-0.25, -0.2) is 4.79 Å². The van der Waals surface area contributed by atoms with Crippen LogP contribution in [-0.2, 0) is 9.47 Å². The van der Waals surface area contributed by atoms with E-state index in [0.717, 1.165) is 22.3 Å². The van der Waals surface area contributed by atoms with Crippen molar-refractivity contribution in [1.29, 1.82) is 0 Å². The third-order valence-electron chi connectivity index (χ3n) is 6.91. The standard InChI is InChI=1S/C27H32N2O6/c1-17-13-18(15-29(17,25(31)32)26(33)35-27(2,3)4)14-28-24(30)34-16-23-21-11-7-5-9-19(21)20-10-6-8-12-22(20)23/h5-12,17-18,23H,13-16H2,1-4H3,(H-,28,30,31,32)/p+1/t17-,18-,29+/m1/s1. The van der Waals surface area contributed by atoms with Gasteiger partial charge in [-0.3, -0.25) is 0 Å². The number of imide groups is 1. The summed E-state index contributed by atoms with van der Waals surface area (Å²) in [4.78, 5) is 37.5. The summed E-state index contributed by atoms with van der Waals surface area (Å²) in [6.45, 7) is 7.33. The van der Waals surface area contributed by atoms with E-state index in [-0.39, 0.29) is 31.5 Å². The maximum Gasteiger partial charge on any atom is 0.527 e. The number of likely N-dealkylation sites (tertiary alicyclic amines) is 1. The number of nitrogens with zero attached hydrogens (tertiary/aromatic N) is 1. The van der Waals surface area contributed by atoms with Gasteiger partial charge in [0.1, 0.15) is 24.8 Å². The quantitative estimate of drug-likeness (QED) is 0.570. The number of hydrogen-bond acceptors (Lipinski definition) is 5. The average Bonchev–Trinajstić information content (AvgIpc) is 3.30. The van der Waals surface area contributed by atoms with Crippen molar-refractivity contribution in [3.8, 4) is 11.1 Å². The fraction of sp³-hybridized carbons (Fsp3) is 0.444. The van der Waals surface area contributed by atoms with E-state index in [9.17, 15) is 19.5 Å². The summed E-state index contributed by atoms with van der Waals surface area (Å²) in [5.41, 5.74) is 3.78. The van der Waals surface area contributed by atoms with Crippen LogP contribution >= 0.6 is 0 Å². The summed E-state index contributed by atoms with van der Waals surface area (Å²) in [6, 6.07) is 15.8. The van der Waals surface area contributed by atoms with Gasteiger partial charge in [0.15, 0.2) is 0 Å². The molecule has 0 bridgehead atoms. The molecule has 0 unspecified atom stereocenters. The van der Waals surface area contributed by atoms with E-state index in [1.54, 1.807) is 27.7 Å². The van der Waals surface area contributed by atoms with Crippen molar-refractivity contribution in [2.45, 2.75) is 51.7 Å². The first-order valence-electron chi connectivity index (χ1n) is 12.0. The van der Waals surface area contributed by atoms with Crippen LogP contribution in [0, 0.1) is 5.92 Å². The highest BCUT2D eigenvalue weighted by molar-refractivity contribution is 5.79. The Morgan fingerprint density at radius 1 is 1.03 bits per heavy atom. The molecule has 1 saturated heterocycles. The molecule has 3 atom stereocenters. The Labute approximate surface area is 205 Å². The third-order valence-corrected chi connectivity index (χ3v) is 6.91. The molecule has 2 N–H and O–H groups in total. The van der Waals surface area contributed by atoms with Crippen molar-refractivity contribution < 1.29 is 33.4 Å². The summed E-state index contributed by atoms with van der Waals surface area (Å²) in [7, 11) is 0. The Balaban J connectivity index is 1.36. The Hall–Kier alpha value is -3.39. The van der Waals surface area contributed by atoms with Crippen LogP contribution < -0.4 is 5.32 Å². The maximum atomic E-state index is 12.8. The van der Waals surface area contributed by atoms with Gasteiger partial charge in [-0.2, -0.15) is 9.59 Å². The Kier molecular flexibility index (Phi) is 6.60. The predicted octanol–water partition coefficient (Wildman–Crippen LogP) is 5.36. The molecule has 0 aromatic heterocycles. The van der Waals surface area contributed by atoms with Crippen molar-refractivity contribution in [2.75, 3.05) is 19.7 Å². The number of benzene rings is 2. The van der Waals surface area contributed by atoms with Crippen LogP contribution in [0.25, 0.3) is 11.1 Å². The summed E-state index contributed by atoms with van der Waals surface area (Å²) >= 11 is 0. The second-order valence-electron chi connectivity index (χ2n) is 10.5. The molecule has 0 spiro atoms. The fourth-order valence-corrected chi connectivity index (χ4v) is 5.29. The van der Waals surface area contributed by atoms with E-state index in [1.807, 2.05) is 24.3 Å². The van der Waals surface area contributed by atoms with Crippen molar-refractivity contribution in [3.05, 3.63) is 59.7 Å². The molecule has 2 aromatic rings. The second-order valence-corrected chi connectivity index (χ2v) is 10.5. The summed E-state index contributed by atoms with van der Waals surface area (Å²) < 4.78 is 10.2. The number of quaternary nitrogens is 1. The number of amides is 3. The van der Waals surface area contributed by atoms with E-state index < -0.39 is 34.4 Å². The van der Waals surface area contributed by atoms with Crippen LogP contribution in [0.5, 0.6) is 0 Å². The summed E-state index contributed by atoms with van der Waals surface area (Å²) in [5, 5.41) is 12.7. The smallest absolute Gasteiger partial charge is 0.449 e. The third kappa shape index (κ3) is 4.75. The number of rotatable bonds is 4. The predicted molar refractivity (Wildman–Crippen MR) is 130 cm³/mol. The zero-order chi connectivity index (χ0) is 25.4. The highest BCUT2D eigenvalue weighted by atomic mass is 16.6. The van der Waals surface area contributed by atoms with E-state index in [2.05, 4.69) is 29.6 Å². The maximum absolute atomic E-state index is 12.8. The number of carboxylic acid groups (broad SMARTS) is 1. The molecule has 1 heterocycles. The lowest BCUT2D eigenvalue weighted by Gasteiger charge is -2.31. The lowest BCUT2D eigenvalue weighted by atomic mass is 9.98. The second kappa shape index (κ2) is 9.34. The Morgan fingerprint density at radius 3 is 2.14 bits per heavy atom. The summed E-state index contributed by atoms with van der Waals surface area (Å²) in [6.07, 6.45) is -2.11. The minimum absolute atomic E-state index is 0.0388. The molecule has 0 saturated carbocycles. The molecule has 2 aliphatic rings. The van der Waals surface area contributed by atoms with Gasteiger partial charge < -0.3 is 19.9 Å². The number of nitrogens with one attached hydrogen (secondary N) is 1. The largest absolute Gasteiger partial charge is 0.527 e. The van der Waals surface area contributed by atoms with Gasteiger partial charge in [0.2, 0.25) is 0 Å². The molecule has 2 aromatic carbocycles.